The van der Waals surface area contributed by atoms with Crippen LogP contribution in [0.2, 0.25) is 0 Å². The van der Waals surface area contributed by atoms with Gasteiger partial charge in [-0.05, 0) is 27.6 Å². The Morgan fingerprint density at radius 1 is 1.47 bits per heavy atom. The van der Waals surface area contributed by atoms with Gasteiger partial charge < -0.3 is 14.8 Å². The number of nitrogens with one attached hydrogen (secondary N) is 1. The third-order valence-electron chi connectivity index (χ3n) is 2.40. The first-order valence-electron chi connectivity index (χ1n) is 5.58. The van der Waals surface area contributed by atoms with E-state index in [0.29, 0.717) is 6.04 Å². The SMILES string of the molecule is CCNC(CN(C)C)c1nccn1CC. The molecule has 1 heterocycles. The van der Waals surface area contributed by atoms with Crippen LogP contribution in [0.25, 0.3) is 0 Å². The van der Waals surface area contributed by atoms with E-state index in [-0.39, 0.29) is 0 Å². The molecule has 1 atom stereocenters. The number of nitrogens with zero attached hydrogens (tertiary/aromatic N) is 3. The standard InChI is InChI=1S/C11H22N4/c1-5-12-10(9-14(3)4)11-13-7-8-15(11)6-2/h7-8,10,12H,5-6,9H2,1-4H3. The summed E-state index contributed by atoms with van der Waals surface area (Å²) in [5.41, 5.74) is 0. The van der Waals surface area contributed by atoms with Gasteiger partial charge in [0.1, 0.15) is 5.82 Å². The molecule has 1 rings (SSSR count). The maximum absolute atomic E-state index is 4.43. The lowest BCUT2D eigenvalue weighted by atomic mass is 10.2. The van der Waals surface area contributed by atoms with E-state index in [1.165, 1.54) is 0 Å². The van der Waals surface area contributed by atoms with Crippen LogP contribution in [0.1, 0.15) is 25.7 Å². The number of aromatic nitrogens is 2. The van der Waals surface area contributed by atoms with E-state index < -0.39 is 0 Å². The highest BCUT2D eigenvalue weighted by Crippen LogP contribution is 2.11. The van der Waals surface area contributed by atoms with E-state index >= 15 is 0 Å². The molecule has 4 heteroatoms. The molecular formula is C11H22N4. The van der Waals surface area contributed by atoms with E-state index in [1.807, 2.05) is 12.4 Å². The maximum atomic E-state index is 4.43. The first kappa shape index (κ1) is 12.2. The van der Waals surface area contributed by atoms with Crippen molar-refractivity contribution < 1.29 is 0 Å². The van der Waals surface area contributed by atoms with Crippen LogP contribution in [0, 0.1) is 0 Å². The number of hydrogen-bond donors (Lipinski definition) is 1. The molecule has 0 saturated carbocycles. The molecule has 1 aromatic heterocycles. The van der Waals surface area contributed by atoms with Crippen molar-refractivity contribution in [3.63, 3.8) is 0 Å². The fourth-order valence-electron chi connectivity index (χ4n) is 1.75. The van der Waals surface area contributed by atoms with Crippen molar-refractivity contribution in [3.05, 3.63) is 18.2 Å². The summed E-state index contributed by atoms with van der Waals surface area (Å²) < 4.78 is 2.19. The average Bonchev–Trinajstić information content (AvgIpc) is 2.64. The first-order valence-corrected chi connectivity index (χ1v) is 5.58. The molecule has 0 spiro atoms. The fraction of sp³-hybridized carbons (Fsp3) is 0.727. The van der Waals surface area contributed by atoms with Crippen LogP contribution < -0.4 is 5.32 Å². The minimum Gasteiger partial charge on any atom is -0.334 e. The summed E-state index contributed by atoms with van der Waals surface area (Å²) in [5, 5.41) is 3.47. The van der Waals surface area contributed by atoms with Gasteiger partial charge in [-0.15, -0.1) is 0 Å². The minimum absolute atomic E-state index is 0.319. The third kappa shape index (κ3) is 3.32. The third-order valence-corrected chi connectivity index (χ3v) is 2.40. The van der Waals surface area contributed by atoms with E-state index in [4.69, 9.17) is 0 Å². The highest BCUT2D eigenvalue weighted by atomic mass is 15.2. The second kappa shape index (κ2) is 5.88. The van der Waals surface area contributed by atoms with Crippen molar-refractivity contribution >= 4 is 0 Å². The van der Waals surface area contributed by atoms with Crippen molar-refractivity contribution in [2.24, 2.45) is 0 Å². The molecule has 0 fully saturated rings. The second-order valence-electron chi connectivity index (χ2n) is 3.94. The number of hydrogen-bond acceptors (Lipinski definition) is 3. The predicted molar refractivity (Wildman–Crippen MR) is 62.9 cm³/mol. The molecule has 0 aliphatic heterocycles. The summed E-state index contributed by atoms with van der Waals surface area (Å²) in [4.78, 5) is 6.62. The smallest absolute Gasteiger partial charge is 0.127 e. The molecule has 0 radical (unpaired) electrons. The molecule has 1 N–H and O–H groups in total. The fourth-order valence-corrected chi connectivity index (χ4v) is 1.75. The van der Waals surface area contributed by atoms with Crippen LogP contribution in [0.15, 0.2) is 12.4 Å². The molecule has 1 aromatic rings. The number of aryl methyl sites for hydroxylation is 1. The van der Waals surface area contributed by atoms with Crippen molar-refractivity contribution in [2.45, 2.75) is 26.4 Å². The van der Waals surface area contributed by atoms with Crippen LogP contribution in [-0.4, -0.2) is 41.6 Å². The molecule has 0 aliphatic rings. The average molecular weight is 210 g/mol. The summed E-state index contributed by atoms with van der Waals surface area (Å²) in [5.74, 6) is 1.13. The van der Waals surface area contributed by atoms with Crippen molar-refractivity contribution in [1.29, 1.82) is 0 Å². The molecule has 0 saturated heterocycles. The van der Waals surface area contributed by atoms with Crippen molar-refractivity contribution in [2.75, 3.05) is 27.2 Å². The van der Waals surface area contributed by atoms with E-state index in [0.717, 1.165) is 25.5 Å². The molecule has 4 nitrogen and oxygen atoms in total. The van der Waals surface area contributed by atoms with Crippen molar-refractivity contribution in [3.8, 4) is 0 Å². The molecule has 0 amide bonds. The van der Waals surface area contributed by atoms with Crippen molar-refractivity contribution in [1.82, 2.24) is 19.8 Å². The Balaban J connectivity index is 2.78. The number of likely N-dealkylation sites (N-methyl/N-ethyl adjacent to an activating group) is 2. The highest BCUT2D eigenvalue weighted by Gasteiger charge is 2.15. The van der Waals surface area contributed by atoms with Gasteiger partial charge in [0.25, 0.3) is 0 Å². The molecule has 15 heavy (non-hydrogen) atoms. The van der Waals surface area contributed by atoms with E-state index in [2.05, 4.69) is 47.7 Å². The Bertz CT molecular complexity index is 280. The van der Waals surface area contributed by atoms with Gasteiger partial charge in [0, 0.05) is 25.5 Å². The zero-order chi connectivity index (χ0) is 11.3. The van der Waals surface area contributed by atoms with Crippen LogP contribution >= 0.6 is 0 Å². The normalized spacial score (nSPS) is 13.4. The first-order chi connectivity index (χ1) is 7.19. The topological polar surface area (TPSA) is 33.1 Å². The Hall–Kier alpha value is -0.870. The highest BCUT2D eigenvalue weighted by molar-refractivity contribution is 5.00. The Kier molecular flexibility index (Phi) is 4.78. The van der Waals surface area contributed by atoms with Crippen LogP contribution in [-0.2, 0) is 6.54 Å². The number of imidazole rings is 1. The van der Waals surface area contributed by atoms with Crippen LogP contribution in [0.4, 0.5) is 0 Å². The quantitative estimate of drug-likeness (QED) is 0.763. The molecule has 86 valence electrons. The van der Waals surface area contributed by atoms with Crippen LogP contribution in [0.3, 0.4) is 0 Å². The van der Waals surface area contributed by atoms with Gasteiger partial charge in [-0.2, -0.15) is 0 Å². The van der Waals surface area contributed by atoms with Gasteiger partial charge in [-0.25, -0.2) is 4.98 Å². The maximum Gasteiger partial charge on any atom is 0.127 e. The van der Waals surface area contributed by atoms with Gasteiger partial charge in [0.05, 0.1) is 6.04 Å². The van der Waals surface area contributed by atoms with E-state index in [9.17, 15) is 0 Å². The zero-order valence-corrected chi connectivity index (χ0v) is 10.2. The summed E-state index contributed by atoms with van der Waals surface area (Å²) in [7, 11) is 4.17. The minimum atomic E-state index is 0.319. The van der Waals surface area contributed by atoms with Gasteiger partial charge in [-0.1, -0.05) is 6.92 Å². The second-order valence-corrected chi connectivity index (χ2v) is 3.94. The lowest BCUT2D eigenvalue weighted by Crippen LogP contribution is -2.33. The van der Waals surface area contributed by atoms with Crippen LogP contribution in [0.5, 0.6) is 0 Å². The van der Waals surface area contributed by atoms with Gasteiger partial charge >= 0.3 is 0 Å². The lowest BCUT2D eigenvalue weighted by Gasteiger charge is -2.22. The summed E-state index contributed by atoms with van der Waals surface area (Å²) in [6.07, 6.45) is 3.91. The zero-order valence-electron chi connectivity index (χ0n) is 10.2. The molecule has 0 aromatic carbocycles. The number of rotatable bonds is 6. The summed E-state index contributed by atoms with van der Waals surface area (Å²) in [6.45, 7) is 7.19. The Morgan fingerprint density at radius 2 is 2.20 bits per heavy atom. The van der Waals surface area contributed by atoms with Gasteiger partial charge in [-0.3, -0.25) is 0 Å². The monoisotopic (exact) mass is 210 g/mol. The van der Waals surface area contributed by atoms with Gasteiger partial charge in [0.2, 0.25) is 0 Å². The molecule has 1 unspecified atom stereocenters. The lowest BCUT2D eigenvalue weighted by molar-refractivity contribution is 0.331. The molecular weight excluding hydrogens is 188 g/mol. The van der Waals surface area contributed by atoms with Gasteiger partial charge in [0.15, 0.2) is 0 Å². The largest absolute Gasteiger partial charge is 0.334 e. The summed E-state index contributed by atoms with van der Waals surface area (Å²) in [6, 6.07) is 0.319. The Morgan fingerprint density at radius 3 is 2.73 bits per heavy atom. The predicted octanol–water partition coefficient (Wildman–Crippen LogP) is 1.12. The summed E-state index contributed by atoms with van der Waals surface area (Å²) >= 11 is 0. The molecule has 0 bridgehead atoms. The molecule has 0 aliphatic carbocycles. The van der Waals surface area contributed by atoms with E-state index in [1.54, 1.807) is 0 Å². The Labute approximate surface area is 92.3 Å².